The molecule has 7 nitrogen and oxygen atoms in total. The lowest BCUT2D eigenvalue weighted by Crippen LogP contribution is -2.33. The number of fused-ring (bicyclic) bond motifs is 1. The second-order valence-corrected chi connectivity index (χ2v) is 8.65. The van der Waals surface area contributed by atoms with Gasteiger partial charge in [0.05, 0.1) is 17.5 Å². The highest BCUT2D eigenvalue weighted by Gasteiger charge is 2.36. The molecule has 1 aliphatic heterocycles. The fourth-order valence-corrected chi connectivity index (χ4v) is 3.97. The number of imide groups is 1. The molecule has 0 fully saturated rings. The minimum atomic E-state index is -1.19. The zero-order valence-corrected chi connectivity index (χ0v) is 19.8. The van der Waals surface area contributed by atoms with Crippen molar-refractivity contribution in [2.75, 3.05) is 11.9 Å². The number of esters is 1. The van der Waals surface area contributed by atoms with Gasteiger partial charge in [-0.3, -0.25) is 24.1 Å². The van der Waals surface area contributed by atoms with Crippen LogP contribution in [0.15, 0.2) is 66.7 Å². The summed E-state index contributed by atoms with van der Waals surface area (Å²) in [7, 11) is 0. The third-order valence-corrected chi connectivity index (χ3v) is 5.91. The van der Waals surface area contributed by atoms with Crippen LogP contribution in [0.25, 0.3) is 0 Å². The van der Waals surface area contributed by atoms with Gasteiger partial charge in [0.15, 0.2) is 0 Å². The molecule has 0 aromatic heterocycles. The molecule has 3 aromatic carbocycles. The first-order valence-electron chi connectivity index (χ1n) is 11.3. The number of ether oxygens (including phenoxy) is 1. The lowest BCUT2D eigenvalue weighted by molar-refractivity contribution is -0.154. The number of carbonyl (C=O) groups is 4. The summed E-state index contributed by atoms with van der Waals surface area (Å²) >= 11 is 0. The van der Waals surface area contributed by atoms with Crippen LogP contribution in [-0.2, 0) is 14.3 Å². The Kier molecular flexibility index (Phi) is 6.78. The maximum atomic E-state index is 13.2. The highest BCUT2D eigenvalue weighted by atomic mass is 16.5. The van der Waals surface area contributed by atoms with Crippen molar-refractivity contribution in [1.82, 2.24) is 4.90 Å². The van der Waals surface area contributed by atoms with Gasteiger partial charge in [-0.15, -0.1) is 0 Å². The van der Waals surface area contributed by atoms with Crippen LogP contribution in [-0.4, -0.2) is 35.1 Å². The minimum Gasteiger partial charge on any atom is -0.447 e. The van der Waals surface area contributed by atoms with Crippen LogP contribution >= 0.6 is 0 Å². The molecular weight excluding hydrogens is 444 g/mol. The van der Waals surface area contributed by atoms with Gasteiger partial charge in [-0.05, 0) is 50.1 Å². The summed E-state index contributed by atoms with van der Waals surface area (Å²) in [6.45, 7) is 5.50. The van der Waals surface area contributed by atoms with Crippen molar-refractivity contribution in [2.45, 2.75) is 33.3 Å². The van der Waals surface area contributed by atoms with E-state index in [-0.39, 0.29) is 13.0 Å². The fourth-order valence-electron chi connectivity index (χ4n) is 3.97. The van der Waals surface area contributed by atoms with Crippen LogP contribution < -0.4 is 5.32 Å². The highest BCUT2D eigenvalue weighted by molar-refractivity contribution is 6.21. The summed E-state index contributed by atoms with van der Waals surface area (Å²) in [5.41, 5.74) is 4.53. The Labute approximate surface area is 203 Å². The molecule has 7 heteroatoms. The molecular formula is C28H26N2O5. The molecule has 0 bridgehead atoms. The zero-order valence-electron chi connectivity index (χ0n) is 19.8. The largest absolute Gasteiger partial charge is 0.447 e. The maximum absolute atomic E-state index is 13.2. The Hall–Kier alpha value is -4.26. The van der Waals surface area contributed by atoms with E-state index < -0.39 is 29.8 Å². The first-order valence-corrected chi connectivity index (χ1v) is 11.3. The van der Waals surface area contributed by atoms with Gasteiger partial charge in [0.2, 0.25) is 6.10 Å². The number of hydrogen-bond acceptors (Lipinski definition) is 5. The van der Waals surface area contributed by atoms with Gasteiger partial charge in [-0.1, -0.05) is 54.1 Å². The monoisotopic (exact) mass is 470 g/mol. The average molecular weight is 471 g/mol. The third-order valence-electron chi connectivity index (χ3n) is 5.91. The van der Waals surface area contributed by atoms with Crippen LogP contribution in [0.3, 0.4) is 0 Å². The molecule has 3 aromatic rings. The molecule has 35 heavy (non-hydrogen) atoms. The van der Waals surface area contributed by atoms with E-state index in [2.05, 4.69) is 5.32 Å². The molecule has 0 saturated carbocycles. The van der Waals surface area contributed by atoms with Gasteiger partial charge in [0.1, 0.15) is 0 Å². The summed E-state index contributed by atoms with van der Waals surface area (Å²) in [6.07, 6.45) is -1.42. The van der Waals surface area contributed by atoms with Crippen LogP contribution in [0.5, 0.6) is 0 Å². The van der Waals surface area contributed by atoms with Gasteiger partial charge in [-0.2, -0.15) is 0 Å². The Balaban J connectivity index is 1.46. The molecule has 178 valence electrons. The first kappa shape index (κ1) is 23.9. The van der Waals surface area contributed by atoms with Crippen LogP contribution in [0.4, 0.5) is 5.69 Å². The maximum Gasteiger partial charge on any atom is 0.308 e. The summed E-state index contributed by atoms with van der Waals surface area (Å²) in [5, 5.41) is 2.85. The van der Waals surface area contributed by atoms with E-state index in [0.29, 0.717) is 22.4 Å². The summed E-state index contributed by atoms with van der Waals surface area (Å²) < 4.78 is 5.57. The van der Waals surface area contributed by atoms with Gasteiger partial charge < -0.3 is 10.1 Å². The molecule has 0 spiro atoms. The van der Waals surface area contributed by atoms with Gasteiger partial charge in [0, 0.05) is 17.8 Å². The molecule has 4 rings (SSSR count). The number of nitrogens with zero attached hydrogens (tertiary/aromatic N) is 1. The number of aryl methyl sites for hydroxylation is 3. The molecule has 0 saturated heterocycles. The second kappa shape index (κ2) is 9.93. The zero-order chi connectivity index (χ0) is 25.1. The van der Waals surface area contributed by atoms with Crippen molar-refractivity contribution in [1.29, 1.82) is 0 Å². The molecule has 0 aliphatic carbocycles. The lowest BCUT2D eigenvalue weighted by atomic mass is 10.1. The predicted molar refractivity (Wildman–Crippen MR) is 131 cm³/mol. The van der Waals surface area contributed by atoms with Crippen LogP contribution in [0, 0.1) is 20.8 Å². The number of hydrogen-bond donors (Lipinski definition) is 1. The van der Waals surface area contributed by atoms with Crippen LogP contribution in [0.2, 0.25) is 0 Å². The van der Waals surface area contributed by atoms with E-state index >= 15 is 0 Å². The van der Waals surface area contributed by atoms with E-state index in [1.807, 2.05) is 39.0 Å². The molecule has 1 N–H and O–H groups in total. The lowest BCUT2D eigenvalue weighted by Gasteiger charge is -2.20. The number of amides is 3. The Morgan fingerprint density at radius 1 is 0.857 bits per heavy atom. The van der Waals surface area contributed by atoms with Crippen molar-refractivity contribution in [3.05, 3.63) is 100 Å². The Morgan fingerprint density at radius 3 is 2.26 bits per heavy atom. The first-order chi connectivity index (χ1) is 16.7. The number of carbonyl (C=O) groups excluding carboxylic acids is 4. The van der Waals surface area contributed by atoms with Crippen molar-refractivity contribution in [3.8, 4) is 0 Å². The van der Waals surface area contributed by atoms with E-state index in [1.54, 1.807) is 48.5 Å². The van der Waals surface area contributed by atoms with Gasteiger partial charge in [-0.25, -0.2) is 0 Å². The number of nitrogens with one attached hydrogen (secondary N) is 1. The standard InChI is InChI=1S/C28H26N2O5/c1-17-10-12-21-22(15-17)28(34)30(27(21)33)14-13-24(31)35-25(20-7-5-4-6-8-20)26(32)29-23-16-18(2)9-11-19(23)3/h4-12,15-16,25H,13-14H2,1-3H3,(H,29,32). The summed E-state index contributed by atoms with van der Waals surface area (Å²) in [4.78, 5) is 52.3. The van der Waals surface area contributed by atoms with Crippen molar-refractivity contribution in [2.24, 2.45) is 0 Å². The molecule has 1 heterocycles. The van der Waals surface area contributed by atoms with Gasteiger partial charge in [0.25, 0.3) is 17.7 Å². The topological polar surface area (TPSA) is 92.8 Å². The summed E-state index contributed by atoms with van der Waals surface area (Å²) in [6, 6.07) is 19.4. The van der Waals surface area contributed by atoms with Crippen molar-refractivity contribution < 1.29 is 23.9 Å². The smallest absolute Gasteiger partial charge is 0.308 e. The summed E-state index contributed by atoms with van der Waals surface area (Å²) in [5.74, 6) is -2.06. The van der Waals surface area contributed by atoms with Crippen molar-refractivity contribution >= 4 is 29.4 Å². The Bertz CT molecular complexity index is 1320. The average Bonchev–Trinajstić information content (AvgIpc) is 3.07. The number of rotatable bonds is 7. The molecule has 3 amide bonds. The van der Waals surface area contributed by atoms with Crippen molar-refractivity contribution in [3.63, 3.8) is 0 Å². The quantitative estimate of drug-likeness (QED) is 0.405. The SMILES string of the molecule is Cc1ccc(C)c(NC(=O)C(OC(=O)CCN2C(=O)c3ccc(C)cc3C2=O)c2ccccc2)c1. The van der Waals surface area contributed by atoms with Gasteiger partial charge >= 0.3 is 5.97 Å². The highest BCUT2D eigenvalue weighted by Crippen LogP contribution is 2.26. The second-order valence-electron chi connectivity index (χ2n) is 8.65. The normalized spacial score (nSPS) is 13.4. The molecule has 1 unspecified atom stereocenters. The predicted octanol–water partition coefficient (Wildman–Crippen LogP) is 4.52. The number of benzene rings is 3. The minimum absolute atomic E-state index is 0.135. The molecule has 1 aliphatic rings. The number of anilines is 1. The molecule has 1 atom stereocenters. The fraction of sp³-hybridized carbons (Fsp3) is 0.214. The van der Waals surface area contributed by atoms with E-state index in [4.69, 9.17) is 4.74 Å². The molecule has 0 radical (unpaired) electrons. The van der Waals surface area contributed by atoms with E-state index in [0.717, 1.165) is 21.6 Å². The van der Waals surface area contributed by atoms with E-state index in [9.17, 15) is 19.2 Å². The van der Waals surface area contributed by atoms with E-state index in [1.165, 1.54) is 0 Å². The Morgan fingerprint density at radius 2 is 1.51 bits per heavy atom. The van der Waals surface area contributed by atoms with Crippen LogP contribution in [0.1, 0.15) is 55.5 Å². The third kappa shape index (κ3) is 5.14.